The van der Waals surface area contributed by atoms with E-state index in [2.05, 4.69) is 0 Å². The molecule has 0 fully saturated rings. The summed E-state index contributed by atoms with van der Waals surface area (Å²) in [6, 6.07) is 5.47. The Kier molecular flexibility index (Phi) is 6.88. The van der Waals surface area contributed by atoms with Crippen molar-refractivity contribution in [2.45, 2.75) is 12.5 Å². The average Bonchev–Trinajstić information content (AvgIpc) is 2.28. The van der Waals surface area contributed by atoms with E-state index in [1.54, 1.807) is 14.2 Å². The zero-order valence-corrected chi connectivity index (χ0v) is 10.4. The highest BCUT2D eigenvalue weighted by atomic mass is 35.5. The van der Waals surface area contributed by atoms with Crippen LogP contribution in [0.15, 0.2) is 18.2 Å². The van der Waals surface area contributed by atoms with E-state index in [0.717, 1.165) is 23.5 Å². The van der Waals surface area contributed by atoms with Gasteiger partial charge in [0.2, 0.25) is 0 Å². The van der Waals surface area contributed by atoms with Crippen LogP contribution in [0.1, 0.15) is 18.0 Å². The molecule has 16 heavy (non-hydrogen) atoms. The Morgan fingerprint density at radius 2 is 1.94 bits per heavy atom. The van der Waals surface area contributed by atoms with Crippen LogP contribution in [0, 0.1) is 0 Å². The minimum Gasteiger partial charge on any atom is -0.497 e. The molecule has 0 amide bonds. The first-order chi connectivity index (χ1) is 7.22. The zero-order chi connectivity index (χ0) is 11.3. The predicted octanol–water partition coefficient (Wildman–Crippen LogP) is 1.47. The molecule has 0 aromatic heterocycles. The summed E-state index contributed by atoms with van der Waals surface area (Å²) in [6.45, 7) is 0.557. The number of rotatable bonds is 5. The molecule has 5 heteroatoms. The third kappa shape index (κ3) is 3.56. The third-order valence-corrected chi connectivity index (χ3v) is 2.31. The lowest BCUT2D eigenvalue weighted by molar-refractivity contribution is 0.394. The van der Waals surface area contributed by atoms with Gasteiger partial charge in [-0.3, -0.25) is 0 Å². The number of nitrogens with two attached hydrogens (primary N) is 2. The molecule has 0 saturated heterocycles. The van der Waals surface area contributed by atoms with Gasteiger partial charge in [0.15, 0.2) is 0 Å². The molecule has 0 saturated carbocycles. The lowest BCUT2D eigenvalue weighted by Crippen LogP contribution is -2.16. The molecular weight excluding hydrogens is 228 g/mol. The van der Waals surface area contributed by atoms with Crippen molar-refractivity contribution in [2.24, 2.45) is 11.5 Å². The van der Waals surface area contributed by atoms with Gasteiger partial charge in [0.1, 0.15) is 11.5 Å². The van der Waals surface area contributed by atoms with Gasteiger partial charge in [-0.15, -0.1) is 12.4 Å². The Morgan fingerprint density at radius 1 is 1.25 bits per heavy atom. The van der Waals surface area contributed by atoms with E-state index >= 15 is 0 Å². The Bertz CT molecular complexity index is 321. The predicted molar refractivity (Wildman–Crippen MR) is 67.4 cm³/mol. The highest BCUT2D eigenvalue weighted by Crippen LogP contribution is 2.29. The summed E-state index contributed by atoms with van der Waals surface area (Å²) in [5.41, 5.74) is 12.4. The van der Waals surface area contributed by atoms with Crippen LogP contribution in [-0.4, -0.2) is 20.8 Å². The molecule has 0 aliphatic heterocycles. The molecule has 1 atom stereocenters. The van der Waals surface area contributed by atoms with Gasteiger partial charge in [0, 0.05) is 11.6 Å². The average molecular weight is 247 g/mol. The first-order valence-corrected chi connectivity index (χ1v) is 4.90. The van der Waals surface area contributed by atoms with Gasteiger partial charge >= 0.3 is 0 Å². The summed E-state index contributed by atoms with van der Waals surface area (Å²) in [6.07, 6.45) is 0.726. The van der Waals surface area contributed by atoms with Gasteiger partial charge in [-0.2, -0.15) is 0 Å². The van der Waals surface area contributed by atoms with E-state index in [0.29, 0.717) is 6.54 Å². The van der Waals surface area contributed by atoms with E-state index < -0.39 is 0 Å². The van der Waals surface area contributed by atoms with Gasteiger partial charge in [0.25, 0.3) is 0 Å². The number of ether oxygens (including phenoxy) is 2. The summed E-state index contributed by atoms with van der Waals surface area (Å²) < 4.78 is 10.4. The second kappa shape index (κ2) is 7.33. The summed E-state index contributed by atoms with van der Waals surface area (Å²) in [4.78, 5) is 0. The van der Waals surface area contributed by atoms with Crippen molar-refractivity contribution >= 4 is 12.4 Å². The Hall–Kier alpha value is -0.970. The smallest absolute Gasteiger partial charge is 0.123 e. The SMILES string of the molecule is COc1ccc(OC)c([C@@H](N)CCN)c1.Cl. The van der Waals surface area contributed by atoms with Crippen molar-refractivity contribution in [1.29, 1.82) is 0 Å². The minimum atomic E-state index is -0.111. The third-order valence-electron chi connectivity index (χ3n) is 2.31. The van der Waals surface area contributed by atoms with Gasteiger partial charge in [-0.25, -0.2) is 0 Å². The second-order valence-electron chi connectivity index (χ2n) is 3.29. The van der Waals surface area contributed by atoms with Gasteiger partial charge in [0.05, 0.1) is 14.2 Å². The maximum atomic E-state index is 5.99. The van der Waals surface area contributed by atoms with E-state index in [9.17, 15) is 0 Å². The van der Waals surface area contributed by atoms with Gasteiger partial charge in [-0.1, -0.05) is 0 Å². The zero-order valence-electron chi connectivity index (χ0n) is 9.60. The number of benzene rings is 1. The van der Waals surface area contributed by atoms with Gasteiger partial charge in [-0.05, 0) is 31.2 Å². The van der Waals surface area contributed by atoms with Crippen LogP contribution in [0.5, 0.6) is 11.5 Å². The van der Waals surface area contributed by atoms with Crippen molar-refractivity contribution in [3.63, 3.8) is 0 Å². The van der Waals surface area contributed by atoms with Crippen LogP contribution in [0.2, 0.25) is 0 Å². The number of hydrogen-bond donors (Lipinski definition) is 2. The molecule has 0 bridgehead atoms. The molecule has 0 unspecified atom stereocenters. The lowest BCUT2D eigenvalue weighted by Gasteiger charge is -2.15. The lowest BCUT2D eigenvalue weighted by atomic mass is 10.0. The fourth-order valence-electron chi connectivity index (χ4n) is 1.46. The molecule has 0 aliphatic carbocycles. The van der Waals surface area contributed by atoms with Crippen molar-refractivity contribution in [3.05, 3.63) is 23.8 Å². The maximum Gasteiger partial charge on any atom is 0.123 e. The van der Waals surface area contributed by atoms with E-state index in [4.69, 9.17) is 20.9 Å². The molecule has 92 valence electrons. The standard InChI is InChI=1S/C11H18N2O2.ClH/c1-14-8-3-4-11(15-2)9(7-8)10(13)5-6-12;/h3-4,7,10H,5-6,12-13H2,1-2H3;1H/t10-;/m0./s1. The fourth-order valence-corrected chi connectivity index (χ4v) is 1.46. The molecule has 1 aromatic carbocycles. The molecule has 1 aromatic rings. The van der Waals surface area contributed by atoms with Crippen molar-refractivity contribution in [1.82, 2.24) is 0 Å². The van der Waals surface area contributed by atoms with E-state index in [-0.39, 0.29) is 18.4 Å². The highest BCUT2D eigenvalue weighted by Gasteiger charge is 2.12. The number of methoxy groups -OCH3 is 2. The molecule has 1 rings (SSSR count). The van der Waals surface area contributed by atoms with Crippen molar-refractivity contribution in [2.75, 3.05) is 20.8 Å². The highest BCUT2D eigenvalue weighted by molar-refractivity contribution is 5.85. The molecule has 0 radical (unpaired) electrons. The molecule has 0 aliphatic rings. The largest absolute Gasteiger partial charge is 0.497 e. The van der Waals surface area contributed by atoms with Crippen LogP contribution in [-0.2, 0) is 0 Å². The monoisotopic (exact) mass is 246 g/mol. The van der Waals surface area contributed by atoms with Crippen LogP contribution in [0.4, 0.5) is 0 Å². The maximum absolute atomic E-state index is 5.99. The molecule has 0 spiro atoms. The summed E-state index contributed by atoms with van der Waals surface area (Å²) in [7, 11) is 3.25. The van der Waals surface area contributed by atoms with Gasteiger partial charge < -0.3 is 20.9 Å². The normalized spacial score (nSPS) is 11.5. The minimum absolute atomic E-state index is 0. The van der Waals surface area contributed by atoms with E-state index in [1.165, 1.54) is 0 Å². The Labute approximate surface area is 102 Å². The van der Waals surface area contributed by atoms with Crippen molar-refractivity contribution in [3.8, 4) is 11.5 Å². The quantitative estimate of drug-likeness (QED) is 0.826. The molecule has 0 heterocycles. The van der Waals surface area contributed by atoms with Crippen LogP contribution >= 0.6 is 12.4 Å². The van der Waals surface area contributed by atoms with Crippen LogP contribution in [0.25, 0.3) is 0 Å². The molecule has 4 nitrogen and oxygen atoms in total. The van der Waals surface area contributed by atoms with Crippen LogP contribution in [0.3, 0.4) is 0 Å². The summed E-state index contributed by atoms with van der Waals surface area (Å²) in [5, 5.41) is 0. The van der Waals surface area contributed by atoms with Crippen LogP contribution < -0.4 is 20.9 Å². The first kappa shape index (κ1) is 15.0. The van der Waals surface area contributed by atoms with E-state index in [1.807, 2.05) is 18.2 Å². The fraction of sp³-hybridized carbons (Fsp3) is 0.455. The topological polar surface area (TPSA) is 70.5 Å². The summed E-state index contributed by atoms with van der Waals surface area (Å²) >= 11 is 0. The Morgan fingerprint density at radius 3 is 2.44 bits per heavy atom. The first-order valence-electron chi connectivity index (χ1n) is 4.90. The second-order valence-corrected chi connectivity index (χ2v) is 3.29. The summed E-state index contributed by atoms with van der Waals surface area (Å²) in [5.74, 6) is 1.55. The number of halogens is 1. The number of hydrogen-bond acceptors (Lipinski definition) is 4. The van der Waals surface area contributed by atoms with Crippen molar-refractivity contribution < 1.29 is 9.47 Å². The molecular formula is C11H19ClN2O2. The Balaban J connectivity index is 0.00000225. The molecule has 4 N–H and O–H groups in total.